The Morgan fingerprint density at radius 1 is 1.15 bits per heavy atom. The van der Waals surface area contributed by atoms with E-state index in [1.807, 2.05) is 55.5 Å². The number of phenolic OH excluding ortho intramolecular Hbond substituents is 1. The number of aromatic hydroxyl groups is 1. The molecule has 0 radical (unpaired) electrons. The Balaban J connectivity index is 1.51. The van der Waals surface area contributed by atoms with Crippen molar-refractivity contribution in [1.82, 2.24) is 19.8 Å². The standard InChI is InChI=1S/C27H28N4O3/c1-30(2)19-10-11-31(16-19)27(33)22-12-17(8-9-24(22)32)18-13-21-23(15-29-26(21)28-14-18)20-6-4-5-7-25(20)34-3/h4-9,12-15,19,32H,10-11,16H2,1-3H3,(H,28,29)/t19-/m1/s1. The molecule has 0 saturated carbocycles. The molecule has 0 unspecified atom stereocenters. The topological polar surface area (TPSA) is 81.7 Å². The molecule has 0 bridgehead atoms. The first-order valence-electron chi connectivity index (χ1n) is 11.4. The molecule has 7 nitrogen and oxygen atoms in total. The van der Waals surface area contributed by atoms with Crippen molar-refractivity contribution in [1.29, 1.82) is 0 Å². The zero-order valence-corrected chi connectivity index (χ0v) is 19.6. The van der Waals surface area contributed by atoms with Crippen LogP contribution in [0.15, 0.2) is 60.9 Å². The predicted molar refractivity (Wildman–Crippen MR) is 133 cm³/mol. The number of aromatic nitrogens is 2. The maximum atomic E-state index is 13.2. The smallest absolute Gasteiger partial charge is 0.257 e. The van der Waals surface area contributed by atoms with Gasteiger partial charge in [-0.25, -0.2) is 4.98 Å². The number of hydrogen-bond acceptors (Lipinski definition) is 5. The molecule has 1 saturated heterocycles. The summed E-state index contributed by atoms with van der Waals surface area (Å²) < 4.78 is 5.55. The van der Waals surface area contributed by atoms with Gasteiger partial charge in [0.15, 0.2) is 0 Å². The molecule has 0 spiro atoms. The second kappa shape index (κ2) is 8.83. The van der Waals surface area contributed by atoms with Crippen LogP contribution in [0.25, 0.3) is 33.3 Å². The molecule has 2 N–H and O–H groups in total. The number of carbonyl (C=O) groups is 1. The zero-order valence-electron chi connectivity index (χ0n) is 19.6. The van der Waals surface area contributed by atoms with Gasteiger partial charge in [-0.3, -0.25) is 4.79 Å². The molecule has 1 aliphatic heterocycles. The molecular weight excluding hydrogens is 428 g/mol. The second-order valence-electron chi connectivity index (χ2n) is 8.91. The van der Waals surface area contributed by atoms with Crippen molar-refractivity contribution in [3.63, 3.8) is 0 Å². The van der Waals surface area contributed by atoms with E-state index in [1.165, 1.54) is 0 Å². The minimum Gasteiger partial charge on any atom is -0.507 e. The molecule has 1 aliphatic rings. The Labute approximate surface area is 198 Å². The predicted octanol–water partition coefficient (Wildman–Crippen LogP) is 4.39. The van der Waals surface area contributed by atoms with Crippen molar-refractivity contribution >= 4 is 16.9 Å². The van der Waals surface area contributed by atoms with Crippen LogP contribution in [0.4, 0.5) is 0 Å². The molecule has 1 amide bonds. The number of nitrogens with zero attached hydrogens (tertiary/aromatic N) is 3. The van der Waals surface area contributed by atoms with Crippen LogP contribution in [-0.2, 0) is 0 Å². The number of likely N-dealkylation sites (tertiary alicyclic amines) is 1. The van der Waals surface area contributed by atoms with E-state index in [-0.39, 0.29) is 11.7 Å². The van der Waals surface area contributed by atoms with Crippen molar-refractivity contribution in [3.8, 4) is 33.8 Å². The van der Waals surface area contributed by atoms with Crippen molar-refractivity contribution in [2.24, 2.45) is 0 Å². The summed E-state index contributed by atoms with van der Waals surface area (Å²) in [5, 5.41) is 11.4. The number of para-hydroxylation sites is 1. The van der Waals surface area contributed by atoms with Gasteiger partial charge in [-0.05, 0) is 50.3 Å². The molecule has 0 aliphatic carbocycles. The number of ether oxygens (including phenoxy) is 1. The first-order chi connectivity index (χ1) is 16.5. The summed E-state index contributed by atoms with van der Waals surface area (Å²) in [6.45, 7) is 1.35. The Bertz CT molecular complexity index is 1360. The fraction of sp³-hybridized carbons (Fsp3) is 0.259. The molecule has 2 aromatic heterocycles. The molecule has 4 aromatic rings. The summed E-state index contributed by atoms with van der Waals surface area (Å²) in [4.78, 5) is 25.0. The first-order valence-corrected chi connectivity index (χ1v) is 11.4. The van der Waals surface area contributed by atoms with Crippen LogP contribution in [0.2, 0.25) is 0 Å². The Morgan fingerprint density at radius 2 is 1.97 bits per heavy atom. The van der Waals surface area contributed by atoms with Crippen LogP contribution < -0.4 is 4.74 Å². The summed E-state index contributed by atoms with van der Waals surface area (Å²) in [7, 11) is 5.72. The van der Waals surface area contributed by atoms with Crippen molar-refractivity contribution < 1.29 is 14.6 Å². The SMILES string of the molecule is COc1ccccc1-c1c[nH]c2ncc(-c3ccc(O)c(C(=O)N4CC[C@@H](N(C)C)C4)c3)cc12. The van der Waals surface area contributed by atoms with Crippen LogP contribution in [0.5, 0.6) is 11.5 Å². The Morgan fingerprint density at radius 3 is 2.74 bits per heavy atom. The number of pyridine rings is 1. The van der Waals surface area contributed by atoms with Gasteiger partial charge in [-0.2, -0.15) is 0 Å². The van der Waals surface area contributed by atoms with Crippen molar-refractivity contribution in [2.45, 2.75) is 12.5 Å². The number of phenols is 1. The third-order valence-electron chi connectivity index (χ3n) is 6.67. The van der Waals surface area contributed by atoms with Gasteiger partial charge in [0.2, 0.25) is 0 Å². The van der Waals surface area contributed by atoms with Crippen LogP contribution >= 0.6 is 0 Å². The lowest BCUT2D eigenvalue weighted by Crippen LogP contribution is -2.34. The third-order valence-corrected chi connectivity index (χ3v) is 6.67. The van der Waals surface area contributed by atoms with Crippen LogP contribution in [0.1, 0.15) is 16.8 Å². The average Bonchev–Trinajstić information content (AvgIpc) is 3.51. The van der Waals surface area contributed by atoms with Gasteiger partial charge in [0.05, 0.1) is 12.7 Å². The highest BCUT2D eigenvalue weighted by molar-refractivity contribution is 6.00. The van der Waals surface area contributed by atoms with Gasteiger partial charge in [0, 0.05) is 53.6 Å². The summed E-state index contributed by atoms with van der Waals surface area (Å²) in [6, 6.07) is 15.4. The number of likely N-dealkylation sites (N-methyl/N-ethyl adjacent to an activating group) is 1. The van der Waals surface area contributed by atoms with Crippen LogP contribution in [0, 0.1) is 0 Å². The monoisotopic (exact) mass is 456 g/mol. The highest BCUT2D eigenvalue weighted by Gasteiger charge is 2.29. The van der Waals surface area contributed by atoms with Gasteiger partial charge < -0.3 is 24.6 Å². The number of H-pyrrole nitrogens is 1. The number of nitrogens with one attached hydrogen (secondary N) is 1. The lowest BCUT2D eigenvalue weighted by molar-refractivity contribution is 0.0780. The molecule has 7 heteroatoms. The van der Waals surface area contributed by atoms with E-state index in [1.54, 1.807) is 25.4 Å². The maximum absolute atomic E-state index is 13.2. The molecule has 34 heavy (non-hydrogen) atoms. The normalized spacial score (nSPS) is 15.9. The fourth-order valence-corrected chi connectivity index (χ4v) is 4.66. The van der Waals surface area contributed by atoms with Crippen LogP contribution in [0.3, 0.4) is 0 Å². The first kappa shape index (κ1) is 22.0. The third kappa shape index (κ3) is 3.88. The summed E-state index contributed by atoms with van der Waals surface area (Å²) in [5.41, 5.74) is 4.74. The minimum atomic E-state index is -0.144. The number of benzene rings is 2. The fourth-order valence-electron chi connectivity index (χ4n) is 4.66. The van der Waals surface area contributed by atoms with Gasteiger partial charge in [0.1, 0.15) is 17.1 Å². The Hall–Kier alpha value is -3.84. The maximum Gasteiger partial charge on any atom is 0.257 e. The number of fused-ring (bicyclic) bond motifs is 1. The number of hydrogen-bond donors (Lipinski definition) is 2. The van der Waals surface area contributed by atoms with E-state index in [2.05, 4.69) is 20.9 Å². The number of rotatable bonds is 5. The molecule has 5 rings (SSSR count). The molecular formula is C27H28N4O3. The number of aromatic amines is 1. The second-order valence-corrected chi connectivity index (χ2v) is 8.91. The Kier molecular flexibility index (Phi) is 5.71. The lowest BCUT2D eigenvalue weighted by atomic mass is 10.00. The largest absolute Gasteiger partial charge is 0.507 e. The van der Waals surface area contributed by atoms with Gasteiger partial charge >= 0.3 is 0 Å². The minimum absolute atomic E-state index is 0.00699. The summed E-state index contributed by atoms with van der Waals surface area (Å²) in [6.07, 6.45) is 4.64. The average molecular weight is 457 g/mol. The van der Waals surface area contributed by atoms with Crippen molar-refractivity contribution in [3.05, 3.63) is 66.5 Å². The van der Waals surface area contributed by atoms with E-state index in [0.717, 1.165) is 45.5 Å². The van der Waals surface area contributed by atoms with E-state index in [0.29, 0.717) is 24.7 Å². The van der Waals surface area contributed by atoms with Crippen LogP contribution in [-0.4, -0.2) is 71.1 Å². The lowest BCUT2D eigenvalue weighted by Gasteiger charge is -2.21. The number of carbonyl (C=O) groups excluding carboxylic acids is 1. The van der Waals surface area contributed by atoms with Crippen molar-refractivity contribution in [2.75, 3.05) is 34.3 Å². The highest BCUT2D eigenvalue weighted by atomic mass is 16.5. The molecule has 3 heterocycles. The van der Waals surface area contributed by atoms with Gasteiger partial charge in [-0.1, -0.05) is 24.3 Å². The number of methoxy groups -OCH3 is 1. The van der Waals surface area contributed by atoms with E-state index < -0.39 is 0 Å². The van der Waals surface area contributed by atoms with E-state index in [9.17, 15) is 9.90 Å². The van der Waals surface area contributed by atoms with E-state index >= 15 is 0 Å². The zero-order chi connectivity index (χ0) is 23.8. The highest BCUT2D eigenvalue weighted by Crippen LogP contribution is 2.36. The summed E-state index contributed by atoms with van der Waals surface area (Å²) in [5.74, 6) is 0.634. The van der Waals surface area contributed by atoms with Gasteiger partial charge in [-0.15, -0.1) is 0 Å². The number of amides is 1. The molecule has 2 aromatic carbocycles. The quantitative estimate of drug-likeness (QED) is 0.466. The molecule has 1 fully saturated rings. The molecule has 174 valence electrons. The van der Waals surface area contributed by atoms with E-state index in [4.69, 9.17) is 4.74 Å². The van der Waals surface area contributed by atoms with Gasteiger partial charge in [0.25, 0.3) is 5.91 Å². The summed E-state index contributed by atoms with van der Waals surface area (Å²) >= 11 is 0. The molecule has 1 atom stereocenters.